The topological polar surface area (TPSA) is 65.7 Å². The lowest BCUT2D eigenvalue weighted by Gasteiger charge is -2.32. The molecule has 7 heteroatoms. The summed E-state index contributed by atoms with van der Waals surface area (Å²) in [5.41, 5.74) is 2.11. The summed E-state index contributed by atoms with van der Waals surface area (Å²) in [7, 11) is 5.22. The molecule has 1 aromatic carbocycles. The van der Waals surface area contributed by atoms with Crippen molar-refractivity contribution in [2.45, 2.75) is 25.9 Å². The fourth-order valence-electron chi connectivity index (χ4n) is 4.31. The highest BCUT2D eigenvalue weighted by Crippen LogP contribution is 2.29. The Hall–Kier alpha value is -3.22. The first kappa shape index (κ1) is 20.1. The van der Waals surface area contributed by atoms with E-state index in [1.807, 2.05) is 47.7 Å². The van der Waals surface area contributed by atoms with Crippen LogP contribution < -0.4 is 15.0 Å². The van der Waals surface area contributed by atoms with Crippen LogP contribution >= 0.6 is 0 Å². The summed E-state index contributed by atoms with van der Waals surface area (Å²) in [4.78, 5) is 27.9. The van der Waals surface area contributed by atoms with Gasteiger partial charge in [0.25, 0.3) is 11.5 Å². The van der Waals surface area contributed by atoms with E-state index in [0.717, 1.165) is 29.7 Å². The van der Waals surface area contributed by atoms with Gasteiger partial charge >= 0.3 is 0 Å². The quantitative estimate of drug-likeness (QED) is 0.665. The number of hydrogen-bond acceptors (Lipinski definition) is 4. The number of fused-ring (bicyclic) bond motifs is 1. The third-order valence-electron chi connectivity index (χ3n) is 5.80. The normalized spacial score (nSPS) is 14.9. The molecule has 4 rings (SSSR count). The zero-order valence-corrected chi connectivity index (χ0v) is 17.8. The van der Waals surface area contributed by atoms with Crippen molar-refractivity contribution in [3.63, 3.8) is 0 Å². The second-order valence-corrected chi connectivity index (χ2v) is 7.87. The molecule has 158 valence electrons. The molecular formula is C23H27N3O4. The third-order valence-corrected chi connectivity index (χ3v) is 5.80. The minimum absolute atomic E-state index is 0.0213. The molecule has 0 aliphatic carbocycles. The molecule has 7 nitrogen and oxygen atoms in total. The van der Waals surface area contributed by atoms with E-state index < -0.39 is 0 Å². The van der Waals surface area contributed by atoms with Crippen molar-refractivity contribution >= 4 is 16.8 Å². The van der Waals surface area contributed by atoms with Crippen molar-refractivity contribution in [3.05, 3.63) is 58.1 Å². The fourth-order valence-corrected chi connectivity index (χ4v) is 4.31. The number of para-hydroxylation sites is 2. The number of benzene rings is 1. The lowest BCUT2D eigenvalue weighted by molar-refractivity contribution is 0.0592. The number of aryl methyl sites for hydroxylation is 3. The van der Waals surface area contributed by atoms with E-state index in [1.54, 1.807) is 31.1 Å². The summed E-state index contributed by atoms with van der Waals surface area (Å²) < 4.78 is 14.9. The van der Waals surface area contributed by atoms with E-state index >= 15 is 0 Å². The average molecular weight is 409 g/mol. The van der Waals surface area contributed by atoms with Crippen LogP contribution in [0, 0.1) is 6.92 Å². The molecule has 0 saturated carbocycles. The fraction of sp³-hybridized carbons (Fsp3) is 0.391. The first-order valence-corrected chi connectivity index (χ1v) is 10.1. The molecule has 1 amide bonds. The van der Waals surface area contributed by atoms with Gasteiger partial charge in [-0.1, -0.05) is 12.1 Å². The van der Waals surface area contributed by atoms with Crippen LogP contribution in [0.3, 0.4) is 0 Å². The Morgan fingerprint density at radius 3 is 2.37 bits per heavy atom. The first-order chi connectivity index (χ1) is 14.4. The highest BCUT2D eigenvalue weighted by molar-refractivity contribution is 6.07. The van der Waals surface area contributed by atoms with Crippen LogP contribution in [0.25, 0.3) is 10.9 Å². The zero-order chi connectivity index (χ0) is 21.4. The van der Waals surface area contributed by atoms with E-state index in [4.69, 9.17) is 9.47 Å². The van der Waals surface area contributed by atoms with Crippen molar-refractivity contribution in [2.24, 2.45) is 14.1 Å². The second kappa shape index (κ2) is 7.89. The van der Waals surface area contributed by atoms with Gasteiger partial charge in [-0.2, -0.15) is 0 Å². The third kappa shape index (κ3) is 3.44. The smallest absolute Gasteiger partial charge is 0.260 e. The van der Waals surface area contributed by atoms with E-state index in [-0.39, 0.29) is 17.6 Å². The van der Waals surface area contributed by atoms with Gasteiger partial charge in [-0.25, -0.2) is 0 Å². The minimum Gasteiger partial charge on any atom is -0.493 e. The molecule has 0 unspecified atom stereocenters. The number of piperidine rings is 1. The molecule has 0 bridgehead atoms. The monoisotopic (exact) mass is 409 g/mol. The van der Waals surface area contributed by atoms with Gasteiger partial charge in [0.1, 0.15) is 6.10 Å². The highest BCUT2D eigenvalue weighted by atomic mass is 16.5. The van der Waals surface area contributed by atoms with Gasteiger partial charge in [-0.15, -0.1) is 0 Å². The molecule has 1 saturated heterocycles. The number of nitrogens with zero attached hydrogens (tertiary/aromatic N) is 3. The van der Waals surface area contributed by atoms with E-state index in [9.17, 15) is 9.59 Å². The molecule has 0 radical (unpaired) electrons. The Morgan fingerprint density at radius 1 is 1.03 bits per heavy atom. The van der Waals surface area contributed by atoms with Gasteiger partial charge in [0.15, 0.2) is 11.5 Å². The van der Waals surface area contributed by atoms with Crippen LogP contribution in [0.4, 0.5) is 0 Å². The number of aromatic nitrogens is 2. The summed E-state index contributed by atoms with van der Waals surface area (Å²) >= 11 is 0. The SMILES string of the molecule is COc1ccccc1OC1CCN(C(=O)c2cn(C)c3c(C)cn(C)c(=O)c23)CC1. The molecule has 3 aromatic rings. The number of carbonyl (C=O) groups excluding carboxylic acids is 1. The summed E-state index contributed by atoms with van der Waals surface area (Å²) in [6.07, 6.45) is 5.06. The minimum atomic E-state index is -0.144. The molecule has 1 aliphatic heterocycles. The van der Waals surface area contributed by atoms with Crippen LogP contribution in [0.1, 0.15) is 28.8 Å². The maximum atomic E-state index is 13.3. The number of ether oxygens (including phenoxy) is 2. The Kier molecular flexibility index (Phi) is 5.28. The molecule has 30 heavy (non-hydrogen) atoms. The van der Waals surface area contributed by atoms with Gasteiger partial charge < -0.3 is 23.5 Å². The van der Waals surface area contributed by atoms with Gasteiger partial charge in [0.2, 0.25) is 0 Å². The molecule has 1 aliphatic rings. The lowest BCUT2D eigenvalue weighted by atomic mass is 10.1. The maximum Gasteiger partial charge on any atom is 0.260 e. The van der Waals surface area contributed by atoms with Crippen molar-refractivity contribution < 1.29 is 14.3 Å². The number of likely N-dealkylation sites (tertiary alicyclic amines) is 1. The predicted octanol–water partition coefficient (Wildman–Crippen LogP) is 2.88. The molecular weight excluding hydrogens is 382 g/mol. The Bertz CT molecular complexity index is 1150. The Morgan fingerprint density at radius 2 is 1.70 bits per heavy atom. The summed E-state index contributed by atoms with van der Waals surface area (Å²) in [5.74, 6) is 1.33. The largest absolute Gasteiger partial charge is 0.493 e. The van der Waals surface area contributed by atoms with Gasteiger partial charge in [0.05, 0.1) is 23.6 Å². The van der Waals surface area contributed by atoms with Crippen LogP contribution in [0.2, 0.25) is 0 Å². The van der Waals surface area contributed by atoms with Crippen LogP contribution in [-0.2, 0) is 14.1 Å². The van der Waals surface area contributed by atoms with Gasteiger partial charge in [-0.05, 0) is 24.6 Å². The number of methoxy groups -OCH3 is 1. The number of amides is 1. The van der Waals surface area contributed by atoms with Gasteiger partial charge in [-0.3, -0.25) is 9.59 Å². The van der Waals surface area contributed by atoms with Crippen molar-refractivity contribution in [1.29, 1.82) is 0 Å². The molecule has 0 N–H and O–H groups in total. The van der Waals surface area contributed by atoms with Crippen LogP contribution in [-0.4, -0.2) is 46.2 Å². The lowest BCUT2D eigenvalue weighted by Crippen LogP contribution is -2.42. The van der Waals surface area contributed by atoms with E-state index in [2.05, 4.69) is 0 Å². The average Bonchev–Trinajstić information content (AvgIpc) is 3.10. The second-order valence-electron chi connectivity index (χ2n) is 7.87. The molecule has 0 atom stereocenters. The zero-order valence-electron chi connectivity index (χ0n) is 17.8. The van der Waals surface area contributed by atoms with Crippen molar-refractivity contribution in [2.75, 3.05) is 20.2 Å². The molecule has 3 heterocycles. The number of carbonyl (C=O) groups is 1. The van der Waals surface area contributed by atoms with Crippen molar-refractivity contribution in [3.8, 4) is 11.5 Å². The molecule has 1 fully saturated rings. The summed E-state index contributed by atoms with van der Waals surface area (Å²) in [6.45, 7) is 3.12. The standard InChI is InChI=1S/C23H27N3O4/c1-15-13-25(3)23(28)20-17(14-24(2)21(15)20)22(27)26-11-9-16(10-12-26)30-19-8-6-5-7-18(19)29-4/h5-8,13-14,16H,9-12H2,1-4H3. The summed E-state index contributed by atoms with van der Waals surface area (Å²) in [5, 5.41) is 0.498. The van der Waals surface area contributed by atoms with Crippen LogP contribution in [0.15, 0.2) is 41.5 Å². The first-order valence-electron chi connectivity index (χ1n) is 10.1. The Balaban J connectivity index is 1.52. The van der Waals surface area contributed by atoms with Gasteiger partial charge in [0, 0.05) is 52.4 Å². The predicted molar refractivity (Wildman–Crippen MR) is 115 cm³/mol. The van der Waals surface area contributed by atoms with Crippen LogP contribution in [0.5, 0.6) is 11.5 Å². The Labute approximate surface area is 175 Å². The number of pyridine rings is 1. The molecule has 2 aromatic heterocycles. The number of hydrogen-bond donors (Lipinski definition) is 0. The van der Waals surface area contributed by atoms with E-state index in [0.29, 0.717) is 29.8 Å². The van der Waals surface area contributed by atoms with Crippen molar-refractivity contribution in [1.82, 2.24) is 14.0 Å². The maximum absolute atomic E-state index is 13.3. The summed E-state index contributed by atoms with van der Waals surface area (Å²) in [6, 6.07) is 7.59. The van der Waals surface area contributed by atoms with E-state index in [1.165, 1.54) is 0 Å². The number of rotatable bonds is 4. The molecule has 0 spiro atoms. The highest BCUT2D eigenvalue weighted by Gasteiger charge is 2.28.